The highest BCUT2D eigenvalue weighted by molar-refractivity contribution is 5.33. The first-order chi connectivity index (χ1) is 7.46. The first kappa shape index (κ1) is 13.1. The summed E-state index contributed by atoms with van der Waals surface area (Å²) in [6.07, 6.45) is -2.14. The van der Waals surface area contributed by atoms with E-state index in [-0.39, 0.29) is 11.5 Å². The lowest BCUT2D eigenvalue weighted by Gasteiger charge is -2.17. The molecule has 16 heavy (non-hydrogen) atoms. The molecule has 0 fully saturated rings. The van der Waals surface area contributed by atoms with Gasteiger partial charge in [-0.15, -0.1) is 0 Å². The molecule has 0 aliphatic rings. The van der Waals surface area contributed by atoms with Crippen LogP contribution in [0.15, 0.2) is 24.3 Å². The first-order valence-electron chi connectivity index (χ1n) is 5.25. The average molecular weight is 228 g/mol. The quantitative estimate of drug-likeness (QED) is 0.705. The number of hydrogen-bond donors (Lipinski definition) is 0. The van der Waals surface area contributed by atoms with Gasteiger partial charge in [-0.05, 0) is 30.9 Å². The van der Waals surface area contributed by atoms with E-state index in [0.29, 0.717) is 6.42 Å². The summed E-state index contributed by atoms with van der Waals surface area (Å²) in [5.74, 6) is -0.320. The monoisotopic (exact) mass is 228 g/mol. The second-order valence-corrected chi connectivity index (χ2v) is 3.78. The van der Waals surface area contributed by atoms with Crippen molar-refractivity contribution in [1.29, 1.82) is 0 Å². The molecule has 0 spiro atoms. The molecule has 0 amide bonds. The SMILES string of the molecule is [CH2]CCCC([CH2])c1ccccc1C(F)(F)F. The van der Waals surface area contributed by atoms with E-state index in [1.54, 1.807) is 6.07 Å². The summed E-state index contributed by atoms with van der Waals surface area (Å²) in [4.78, 5) is 0. The van der Waals surface area contributed by atoms with Crippen LogP contribution in [0.3, 0.4) is 0 Å². The van der Waals surface area contributed by atoms with Crippen LogP contribution in [0, 0.1) is 13.8 Å². The minimum absolute atomic E-state index is 0.281. The first-order valence-corrected chi connectivity index (χ1v) is 5.25. The van der Waals surface area contributed by atoms with E-state index in [0.717, 1.165) is 18.9 Å². The lowest BCUT2D eigenvalue weighted by atomic mass is 9.91. The summed E-state index contributed by atoms with van der Waals surface area (Å²) in [5.41, 5.74) is -0.289. The van der Waals surface area contributed by atoms with Crippen molar-refractivity contribution in [1.82, 2.24) is 0 Å². The third-order valence-electron chi connectivity index (χ3n) is 2.51. The Balaban J connectivity index is 2.94. The molecule has 1 atom stereocenters. The van der Waals surface area contributed by atoms with Gasteiger partial charge >= 0.3 is 6.18 Å². The second kappa shape index (κ2) is 5.37. The van der Waals surface area contributed by atoms with Gasteiger partial charge in [-0.25, -0.2) is 0 Å². The standard InChI is InChI=1S/C13H15F3/c1-3-4-7-10(2)11-8-5-6-9-12(11)13(14,15)16/h5-6,8-10H,1-4,7H2. The Morgan fingerprint density at radius 1 is 1.19 bits per heavy atom. The third kappa shape index (κ3) is 3.26. The fourth-order valence-corrected chi connectivity index (χ4v) is 1.66. The molecule has 1 rings (SSSR count). The van der Waals surface area contributed by atoms with Gasteiger partial charge in [0.05, 0.1) is 5.56 Å². The molecule has 1 aromatic rings. The summed E-state index contributed by atoms with van der Waals surface area (Å²) in [5, 5.41) is 0. The normalized spacial score (nSPS) is 13.8. The van der Waals surface area contributed by atoms with E-state index >= 15 is 0 Å². The van der Waals surface area contributed by atoms with Gasteiger partial charge in [-0.3, -0.25) is 0 Å². The molecular formula is C13H15F3. The van der Waals surface area contributed by atoms with Crippen molar-refractivity contribution in [2.24, 2.45) is 0 Å². The fourth-order valence-electron chi connectivity index (χ4n) is 1.66. The molecule has 0 N–H and O–H groups in total. The molecule has 2 radical (unpaired) electrons. The molecule has 0 aromatic heterocycles. The summed E-state index contributed by atoms with van der Waals surface area (Å²) in [6, 6.07) is 5.63. The van der Waals surface area contributed by atoms with Crippen LogP contribution in [0.2, 0.25) is 0 Å². The van der Waals surface area contributed by atoms with E-state index in [4.69, 9.17) is 0 Å². The van der Waals surface area contributed by atoms with Crippen LogP contribution in [0.25, 0.3) is 0 Å². The highest BCUT2D eigenvalue weighted by Crippen LogP contribution is 2.36. The Hall–Kier alpha value is -0.990. The van der Waals surface area contributed by atoms with Gasteiger partial charge in [-0.2, -0.15) is 13.2 Å². The van der Waals surface area contributed by atoms with Crippen LogP contribution in [0.5, 0.6) is 0 Å². The molecular weight excluding hydrogens is 213 g/mol. The van der Waals surface area contributed by atoms with Crippen molar-refractivity contribution in [3.8, 4) is 0 Å². The minimum atomic E-state index is -4.29. The number of benzene rings is 1. The lowest BCUT2D eigenvalue weighted by Crippen LogP contribution is -2.10. The molecule has 0 nitrogen and oxygen atoms in total. The molecule has 0 aliphatic heterocycles. The zero-order valence-corrected chi connectivity index (χ0v) is 9.06. The van der Waals surface area contributed by atoms with Gasteiger partial charge < -0.3 is 0 Å². The van der Waals surface area contributed by atoms with Crippen molar-refractivity contribution in [2.45, 2.75) is 31.4 Å². The Labute approximate surface area is 94.5 Å². The molecule has 0 saturated heterocycles. The predicted molar refractivity (Wildman–Crippen MR) is 58.8 cm³/mol. The fraction of sp³-hybridized carbons (Fsp3) is 0.385. The smallest absolute Gasteiger partial charge is 0.166 e. The maximum atomic E-state index is 12.7. The zero-order chi connectivity index (χ0) is 12.2. The van der Waals surface area contributed by atoms with Gasteiger partial charge in [0.2, 0.25) is 0 Å². The van der Waals surface area contributed by atoms with Crippen molar-refractivity contribution in [3.63, 3.8) is 0 Å². The van der Waals surface area contributed by atoms with Gasteiger partial charge in [0, 0.05) is 0 Å². The largest absolute Gasteiger partial charge is 0.416 e. The van der Waals surface area contributed by atoms with Crippen LogP contribution in [0.1, 0.15) is 36.3 Å². The van der Waals surface area contributed by atoms with Crippen LogP contribution >= 0.6 is 0 Å². The molecule has 3 heteroatoms. The van der Waals surface area contributed by atoms with Crippen molar-refractivity contribution >= 4 is 0 Å². The summed E-state index contributed by atoms with van der Waals surface area (Å²) in [7, 11) is 0. The van der Waals surface area contributed by atoms with E-state index in [2.05, 4.69) is 13.8 Å². The Kier molecular flexibility index (Phi) is 4.39. The van der Waals surface area contributed by atoms with Crippen molar-refractivity contribution < 1.29 is 13.2 Å². The average Bonchev–Trinajstić information content (AvgIpc) is 2.24. The van der Waals surface area contributed by atoms with Gasteiger partial charge in [0.15, 0.2) is 0 Å². The minimum Gasteiger partial charge on any atom is -0.166 e. The third-order valence-corrected chi connectivity index (χ3v) is 2.51. The lowest BCUT2D eigenvalue weighted by molar-refractivity contribution is -0.138. The highest BCUT2D eigenvalue weighted by atomic mass is 19.4. The number of halogens is 3. The van der Waals surface area contributed by atoms with Crippen LogP contribution in [-0.4, -0.2) is 0 Å². The van der Waals surface area contributed by atoms with Gasteiger partial charge in [0.25, 0.3) is 0 Å². The molecule has 0 bridgehead atoms. The summed E-state index contributed by atoms with van der Waals surface area (Å²) >= 11 is 0. The predicted octanol–water partition coefficient (Wildman–Crippen LogP) is 4.63. The van der Waals surface area contributed by atoms with E-state index < -0.39 is 11.7 Å². The second-order valence-electron chi connectivity index (χ2n) is 3.78. The van der Waals surface area contributed by atoms with Crippen LogP contribution in [0.4, 0.5) is 13.2 Å². The number of unbranched alkanes of at least 4 members (excludes halogenated alkanes) is 1. The Morgan fingerprint density at radius 3 is 2.38 bits per heavy atom. The zero-order valence-electron chi connectivity index (χ0n) is 9.06. The number of alkyl halides is 3. The maximum Gasteiger partial charge on any atom is 0.416 e. The number of hydrogen-bond acceptors (Lipinski definition) is 0. The van der Waals surface area contributed by atoms with E-state index in [1.807, 2.05) is 0 Å². The summed E-state index contributed by atoms with van der Waals surface area (Å²) in [6.45, 7) is 7.46. The van der Waals surface area contributed by atoms with E-state index in [9.17, 15) is 13.2 Å². The van der Waals surface area contributed by atoms with Crippen molar-refractivity contribution in [2.75, 3.05) is 0 Å². The topological polar surface area (TPSA) is 0 Å². The maximum absolute atomic E-state index is 12.7. The Morgan fingerprint density at radius 2 is 1.81 bits per heavy atom. The molecule has 1 unspecified atom stereocenters. The molecule has 0 heterocycles. The number of rotatable bonds is 4. The highest BCUT2D eigenvalue weighted by Gasteiger charge is 2.33. The van der Waals surface area contributed by atoms with Crippen LogP contribution in [-0.2, 0) is 6.18 Å². The molecule has 1 aromatic carbocycles. The van der Waals surface area contributed by atoms with Gasteiger partial charge in [-0.1, -0.05) is 38.0 Å². The molecule has 88 valence electrons. The molecule has 0 saturated carbocycles. The summed E-state index contributed by atoms with van der Waals surface area (Å²) < 4.78 is 38.1. The molecule has 0 aliphatic carbocycles. The Bertz CT molecular complexity index is 328. The van der Waals surface area contributed by atoms with Crippen molar-refractivity contribution in [3.05, 3.63) is 49.2 Å². The van der Waals surface area contributed by atoms with E-state index in [1.165, 1.54) is 12.1 Å². The van der Waals surface area contributed by atoms with Gasteiger partial charge in [0.1, 0.15) is 0 Å². The van der Waals surface area contributed by atoms with Crippen LogP contribution < -0.4 is 0 Å².